The number of aromatic nitrogens is 5. The van der Waals surface area contributed by atoms with Gasteiger partial charge in [-0.1, -0.05) is 22.0 Å². The smallest absolute Gasteiger partial charge is 0.219 e. The van der Waals surface area contributed by atoms with Crippen LogP contribution in [0.3, 0.4) is 0 Å². The van der Waals surface area contributed by atoms with Crippen molar-refractivity contribution < 1.29 is 18.3 Å². The SMILES string of the molecule is C[C@@H](n1nc2ccc(Br)cc2c1F)[C@](O)(Cn1cncn1)c1ccc(F)cc1F. The van der Waals surface area contributed by atoms with Crippen LogP contribution in [0.1, 0.15) is 18.5 Å². The van der Waals surface area contributed by atoms with Crippen LogP contribution in [0.5, 0.6) is 0 Å². The van der Waals surface area contributed by atoms with Gasteiger partial charge in [0.25, 0.3) is 0 Å². The van der Waals surface area contributed by atoms with E-state index in [-0.39, 0.29) is 17.5 Å². The van der Waals surface area contributed by atoms with Crippen LogP contribution in [0.25, 0.3) is 10.9 Å². The van der Waals surface area contributed by atoms with Crippen molar-refractivity contribution in [1.29, 1.82) is 0 Å². The van der Waals surface area contributed by atoms with Gasteiger partial charge in [0.15, 0.2) is 0 Å². The standard InChI is InChI=1S/C19H15BrF3N5O/c1-11(28-18(23)14-6-12(20)2-5-17(14)26-28)19(29,8-27-10-24-9-25-27)15-4-3-13(21)7-16(15)22/h2-7,9-11,29H,8H2,1H3/t11-,19-/m1/s1. The molecule has 0 saturated carbocycles. The van der Waals surface area contributed by atoms with Gasteiger partial charge in [-0.25, -0.2) is 23.1 Å². The maximum Gasteiger partial charge on any atom is 0.219 e. The van der Waals surface area contributed by atoms with Crippen LogP contribution in [0, 0.1) is 17.6 Å². The van der Waals surface area contributed by atoms with E-state index in [0.717, 1.165) is 16.8 Å². The van der Waals surface area contributed by atoms with Crippen molar-refractivity contribution in [3.8, 4) is 0 Å². The summed E-state index contributed by atoms with van der Waals surface area (Å²) in [4.78, 5) is 3.82. The van der Waals surface area contributed by atoms with Crippen molar-refractivity contribution in [2.45, 2.75) is 25.1 Å². The first-order chi connectivity index (χ1) is 13.8. The van der Waals surface area contributed by atoms with Crippen molar-refractivity contribution in [2.24, 2.45) is 0 Å². The zero-order chi connectivity index (χ0) is 20.8. The van der Waals surface area contributed by atoms with Gasteiger partial charge in [-0.15, -0.1) is 0 Å². The van der Waals surface area contributed by atoms with Gasteiger partial charge in [0.05, 0.1) is 23.5 Å². The van der Waals surface area contributed by atoms with Gasteiger partial charge >= 0.3 is 0 Å². The molecule has 0 bridgehead atoms. The molecule has 1 N–H and O–H groups in total. The Morgan fingerprint density at radius 1 is 1.17 bits per heavy atom. The van der Waals surface area contributed by atoms with E-state index in [0.29, 0.717) is 16.1 Å². The molecule has 2 heterocycles. The largest absolute Gasteiger partial charge is 0.381 e. The summed E-state index contributed by atoms with van der Waals surface area (Å²) < 4.78 is 46.2. The molecule has 0 fully saturated rings. The maximum absolute atomic E-state index is 15.1. The van der Waals surface area contributed by atoms with Gasteiger partial charge in [0.1, 0.15) is 29.9 Å². The zero-order valence-corrected chi connectivity index (χ0v) is 16.7. The minimum Gasteiger partial charge on any atom is -0.381 e. The quantitative estimate of drug-likeness (QED) is 0.484. The molecule has 0 radical (unpaired) electrons. The molecule has 0 amide bonds. The van der Waals surface area contributed by atoms with Crippen LogP contribution in [0.2, 0.25) is 0 Å². The molecule has 4 rings (SSSR count). The van der Waals surface area contributed by atoms with Crippen molar-refractivity contribution in [2.75, 3.05) is 0 Å². The Balaban J connectivity index is 1.87. The molecule has 0 spiro atoms. The number of benzene rings is 2. The first-order valence-corrected chi connectivity index (χ1v) is 9.42. The minimum absolute atomic E-state index is 0.206. The molecule has 2 atom stereocenters. The van der Waals surface area contributed by atoms with E-state index in [1.54, 1.807) is 18.2 Å². The van der Waals surface area contributed by atoms with Crippen LogP contribution in [0.4, 0.5) is 13.2 Å². The minimum atomic E-state index is -2.01. The lowest BCUT2D eigenvalue weighted by Gasteiger charge is -2.34. The number of nitrogens with zero attached hydrogens (tertiary/aromatic N) is 5. The molecular formula is C19H15BrF3N5O. The Kier molecular flexibility index (Phi) is 4.91. The van der Waals surface area contributed by atoms with Crippen LogP contribution >= 0.6 is 15.9 Å². The molecule has 0 aliphatic heterocycles. The molecule has 150 valence electrons. The molecule has 29 heavy (non-hydrogen) atoms. The zero-order valence-electron chi connectivity index (χ0n) is 15.1. The predicted octanol–water partition coefficient (Wildman–Crippen LogP) is 3.96. The predicted molar refractivity (Wildman–Crippen MR) is 102 cm³/mol. The molecule has 2 aromatic carbocycles. The summed E-state index contributed by atoms with van der Waals surface area (Å²) in [5, 5.41) is 20.0. The second kappa shape index (κ2) is 7.27. The fraction of sp³-hybridized carbons (Fsp3) is 0.211. The van der Waals surface area contributed by atoms with E-state index >= 15 is 4.39 Å². The highest BCUT2D eigenvalue weighted by molar-refractivity contribution is 9.10. The highest BCUT2D eigenvalue weighted by atomic mass is 79.9. The second-order valence-electron chi connectivity index (χ2n) is 6.71. The highest BCUT2D eigenvalue weighted by Gasteiger charge is 2.42. The lowest BCUT2D eigenvalue weighted by molar-refractivity contribution is -0.0400. The van der Waals surface area contributed by atoms with Gasteiger partial charge in [-0.3, -0.25) is 0 Å². The molecule has 0 aliphatic carbocycles. The summed E-state index contributed by atoms with van der Waals surface area (Å²) in [6, 6.07) is 6.67. The normalized spacial score (nSPS) is 14.8. The van der Waals surface area contributed by atoms with E-state index in [2.05, 4.69) is 31.1 Å². The topological polar surface area (TPSA) is 68.8 Å². The Morgan fingerprint density at radius 3 is 2.66 bits per heavy atom. The molecule has 0 saturated heterocycles. The van der Waals surface area contributed by atoms with Crippen LogP contribution in [0.15, 0.2) is 53.5 Å². The van der Waals surface area contributed by atoms with Crippen molar-refractivity contribution in [3.05, 3.63) is 76.7 Å². The molecule has 0 unspecified atom stereocenters. The van der Waals surface area contributed by atoms with Crippen molar-refractivity contribution in [1.82, 2.24) is 24.5 Å². The molecule has 6 nitrogen and oxygen atoms in total. The van der Waals surface area contributed by atoms with Crippen molar-refractivity contribution in [3.63, 3.8) is 0 Å². The maximum atomic E-state index is 15.1. The number of aliphatic hydroxyl groups is 1. The Labute approximate surface area is 171 Å². The number of hydrogen-bond acceptors (Lipinski definition) is 4. The van der Waals surface area contributed by atoms with Crippen LogP contribution in [-0.2, 0) is 12.1 Å². The number of fused-ring (bicyclic) bond motifs is 1. The Morgan fingerprint density at radius 2 is 1.97 bits per heavy atom. The van der Waals surface area contributed by atoms with Crippen LogP contribution in [-0.4, -0.2) is 29.7 Å². The summed E-state index contributed by atoms with van der Waals surface area (Å²) in [6.45, 7) is 1.25. The summed E-state index contributed by atoms with van der Waals surface area (Å²) in [5.74, 6) is -2.43. The van der Waals surface area contributed by atoms with Crippen molar-refractivity contribution >= 4 is 26.8 Å². The fourth-order valence-corrected chi connectivity index (χ4v) is 3.71. The fourth-order valence-electron chi connectivity index (χ4n) is 3.35. The Hall–Kier alpha value is -2.72. The summed E-state index contributed by atoms with van der Waals surface area (Å²) in [5.41, 5.74) is -1.84. The molecule has 4 aromatic rings. The first-order valence-electron chi connectivity index (χ1n) is 8.63. The third kappa shape index (κ3) is 3.42. The Bertz CT molecular complexity index is 1180. The monoisotopic (exact) mass is 465 g/mol. The number of rotatable bonds is 5. The highest BCUT2D eigenvalue weighted by Crippen LogP contribution is 2.38. The summed E-state index contributed by atoms with van der Waals surface area (Å²) >= 11 is 3.29. The van der Waals surface area contributed by atoms with Gasteiger partial charge in [0, 0.05) is 16.1 Å². The summed E-state index contributed by atoms with van der Waals surface area (Å²) in [6.07, 6.45) is 2.60. The average Bonchev–Trinajstić information content (AvgIpc) is 3.29. The van der Waals surface area contributed by atoms with Gasteiger partial charge < -0.3 is 5.11 Å². The van der Waals surface area contributed by atoms with Gasteiger partial charge in [-0.05, 0) is 31.2 Å². The number of halogens is 4. The average molecular weight is 466 g/mol. The van der Waals surface area contributed by atoms with Gasteiger partial charge in [-0.2, -0.15) is 14.6 Å². The van der Waals surface area contributed by atoms with Crippen LogP contribution < -0.4 is 0 Å². The third-order valence-electron chi connectivity index (χ3n) is 4.92. The van der Waals surface area contributed by atoms with Gasteiger partial charge in [0.2, 0.25) is 5.95 Å². The van der Waals surface area contributed by atoms with E-state index in [9.17, 15) is 13.9 Å². The second-order valence-corrected chi connectivity index (χ2v) is 7.63. The molecule has 0 aliphatic rings. The molecule has 10 heteroatoms. The van der Waals surface area contributed by atoms with E-state index in [4.69, 9.17) is 0 Å². The molecule has 2 aromatic heterocycles. The molecular weight excluding hydrogens is 451 g/mol. The summed E-state index contributed by atoms with van der Waals surface area (Å²) in [7, 11) is 0. The van der Waals surface area contributed by atoms with E-state index in [1.165, 1.54) is 24.3 Å². The van der Waals surface area contributed by atoms with E-state index in [1.807, 2.05) is 0 Å². The lowest BCUT2D eigenvalue weighted by atomic mass is 9.86. The number of hydrogen-bond donors (Lipinski definition) is 1. The lowest BCUT2D eigenvalue weighted by Crippen LogP contribution is -2.41. The first kappa shape index (κ1) is 19.6. The van der Waals surface area contributed by atoms with E-state index < -0.39 is 29.2 Å². The third-order valence-corrected chi connectivity index (χ3v) is 5.42.